The van der Waals surface area contributed by atoms with E-state index in [1.807, 2.05) is 6.92 Å². The van der Waals surface area contributed by atoms with E-state index in [0.29, 0.717) is 34.3 Å². The lowest BCUT2D eigenvalue weighted by Crippen LogP contribution is -2.33. The first-order chi connectivity index (χ1) is 12.5. The van der Waals surface area contributed by atoms with Gasteiger partial charge in [0.2, 0.25) is 0 Å². The molecule has 6 heteroatoms. The molecule has 2 aromatic rings. The Bertz CT molecular complexity index is 808. The van der Waals surface area contributed by atoms with Gasteiger partial charge in [-0.25, -0.2) is 4.39 Å². The maximum absolute atomic E-state index is 14.0. The fraction of sp³-hybridized carbons (Fsp3) is 0.350. The summed E-state index contributed by atoms with van der Waals surface area (Å²) >= 11 is 6.29. The van der Waals surface area contributed by atoms with E-state index >= 15 is 0 Å². The third-order valence-electron chi connectivity index (χ3n) is 4.31. The Balaban J connectivity index is 1.90. The van der Waals surface area contributed by atoms with Crippen molar-refractivity contribution in [1.82, 2.24) is 4.90 Å². The van der Waals surface area contributed by atoms with Crippen molar-refractivity contribution in [1.29, 1.82) is 0 Å². The molecule has 1 saturated carbocycles. The van der Waals surface area contributed by atoms with E-state index in [4.69, 9.17) is 21.1 Å². The van der Waals surface area contributed by atoms with Crippen LogP contribution in [0.5, 0.6) is 11.5 Å². The van der Waals surface area contributed by atoms with E-state index in [0.717, 1.165) is 12.8 Å². The molecule has 0 aromatic heterocycles. The first-order valence-corrected chi connectivity index (χ1v) is 8.97. The lowest BCUT2D eigenvalue weighted by atomic mass is 10.1. The Labute approximate surface area is 157 Å². The monoisotopic (exact) mass is 377 g/mol. The van der Waals surface area contributed by atoms with Crippen LogP contribution in [-0.2, 0) is 6.54 Å². The van der Waals surface area contributed by atoms with Gasteiger partial charge in [0, 0.05) is 23.7 Å². The Morgan fingerprint density at radius 2 is 2.04 bits per heavy atom. The number of hydrogen-bond donors (Lipinski definition) is 0. The van der Waals surface area contributed by atoms with Gasteiger partial charge in [0.1, 0.15) is 5.82 Å². The predicted octanol–water partition coefficient (Wildman–Crippen LogP) is 4.69. The standard InChI is InChI=1S/C20H21ClFNO3/c1-3-26-19-16(21)10-14(11-18(19)25-2)20(24)23(15-8-9-15)12-13-6-4-5-7-17(13)22/h4-7,10-11,15H,3,8-9,12H2,1-2H3. The number of rotatable bonds is 7. The van der Waals surface area contributed by atoms with Crippen LogP contribution in [0.25, 0.3) is 0 Å². The molecule has 3 rings (SSSR count). The SMILES string of the molecule is CCOc1c(Cl)cc(C(=O)N(Cc2ccccc2F)C2CC2)cc1OC. The van der Waals surface area contributed by atoms with Crippen LogP contribution in [0.2, 0.25) is 5.02 Å². The highest BCUT2D eigenvalue weighted by Gasteiger charge is 2.34. The van der Waals surface area contributed by atoms with Gasteiger partial charge < -0.3 is 14.4 Å². The second kappa shape index (κ2) is 7.96. The molecule has 1 amide bonds. The van der Waals surface area contributed by atoms with Crippen molar-refractivity contribution in [2.24, 2.45) is 0 Å². The second-order valence-corrected chi connectivity index (χ2v) is 6.59. The van der Waals surface area contributed by atoms with Crippen LogP contribution < -0.4 is 9.47 Å². The van der Waals surface area contributed by atoms with Gasteiger partial charge in [0.15, 0.2) is 11.5 Å². The zero-order valence-electron chi connectivity index (χ0n) is 14.8. The summed E-state index contributed by atoms with van der Waals surface area (Å²) in [6, 6.07) is 9.83. The molecule has 0 radical (unpaired) electrons. The molecule has 0 bridgehead atoms. The molecule has 0 aliphatic heterocycles. The van der Waals surface area contributed by atoms with Crippen molar-refractivity contribution in [2.75, 3.05) is 13.7 Å². The van der Waals surface area contributed by atoms with E-state index in [1.54, 1.807) is 35.2 Å². The van der Waals surface area contributed by atoms with Gasteiger partial charge >= 0.3 is 0 Å². The minimum absolute atomic E-state index is 0.124. The lowest BCUT2D eigenvalue weighted by Gasteiger charge is -2.23. The highest BCUT2D eigenvalue weighted by molar-refractivity contribution is 6.32. The molecule has 2 aromatic carbocycles. The average molecular weight is 378 g/mol. The summed E-state index contributed by atoms with van der Waals surface area (Å²) in [6.07, 6.45) is 1.84. The summed E-state index contributed by atoms with van der Waals surface area (Å²) in [4.78, 5) is 14.8. The largest absolute Gasteiger partial charge is 0.493 e. The molecule has 1 aliphatic rings. The van der Waals surface area contributed by atoms with Crippen molar-refractivity contribution in [3.05, 3.63) is 58.4 Å². The molecule has 1 fully saturated rings. The Hall–Kier alpha value is -2.27. The summed E-state index contributed by atoms with van der Waals surface area (Å²) in [5.74, 6) is 0.317. The number of benzene rings is 2. The second-order valence-electron chi connectivity index (χ2n) is 6.18. The fourth-order valence-corrected chi connectivity index (χ4v) is 3.12. The van der Waals surface area contributed by atoms with Crippen molar-refractivity contribution in [2.45, 2.75) is 32.4 Å². The average Bonchev–Trinajstić information content (AvgIpc) is 3.47. The minimum Gasteiger partial charge on any atom is -0.493 e. The van der Waals surface area contributed by atoms with Crippen LogP contribution in [0.15, 0.2) is 36.4 Å². The number of amides is 1. The van der Waals surface area contributed by atoms with Crippen LogP contribution in [0.3, 0.4) is 0 Å². The van der Waals surface area contributed by atoms with Gasteiger partial charge in [-0.2, -0.15) is 0 Å². The molecule has 0 atom stereocenters. The van der Waals surface area contributed by atoms with E-state index in [1.165, 1.54) is 13.2 Å². The van der Waals surface area contributed by atoms with Crippen molar-refractivity contribution in [3.63, 3.8) is 0 Å². The minimum atomic E-state index is -0.312. The van der Waals surface area contributed by atoms with Gasteiger partial charge in [0.05, 0.1) is 18.7 Å². The maximum Gasteiger partial charge on any atom is 0.254 e. The lowest BCUT2D eigenvalue weighted by molar-refractivity contribution is 0.0728. The van der Waals surface area contributed by atoms with E-state index < -0.39 is 0 Å². The van der Waals surface area contributed by atoms with Gasteiger partial charge in [0.25, 0.3) is 5.91 Å². The van der Waals surface area contributed by atoms with Gasteiger partial charge in [-0.3, -0.25) is 4.79 Å². The number of methoxy groups -OCH3 is 1. The summed E-state index contributed by atoms with van der Waals surface area (Å²) in [6.45, 7) is 2.51. The zero-order chi connectivity index (χ0) is 18.7. The Morgan fingerprint density at radius 3 is 2.65 bits per heavy atom. The molecule has 0 spiro atoms. The fourth-order valence-electron chi connectivity index (χ4n) is 2.86. The quantitative estimate of drug-likeness (QED) is 0.702. The third-order valence-corrected chi connectivity index (χ3v) is 4.59. The number of carbonyl (C=O) groups is 1. The number of halogens is 2. The van der Waals surface area contributed by atoms with Crippen molar-refractivity contribution >= 4 is 17.5 Å². The molecule has 1 aliphatic carbocycles. The van der Waals surface area contributed by atoms with Crippen LogP contribution in [-0.4, -0.2) is 30.6 Å². The number of hydrogen-bond acceptors (Lipinski definition) is 3. The maximum atomic E-state index is 14.0. The Kier molecular flexibility index (Phi) is 5.67. The van der Waals surface area contributed by atoms with Crippen LogP contribution in [0.1, 0.15) is 35.7 Å². The predicted molar refractivity (Wildman–Crippen MR) is 98.5 cm³/mol. The summed E-state index contributed by atoms with van der Waals surface area (Å²) in [5.41, 5.74) is 0.898. The molecule has 0 N–H and O–H groups in total. The molecule has 138 valence electrons. The highest BCUT2D eigenvalue weighted by Crippen LogP contribution is 2.38. The molecular weight excluding hydrogens is 357 g/mol. The first-order valence-electron chi connectivity index (χ1n) is 8.59. The van der Waals surface area contributed by atoms with Gasteiger partial charge in [-0.05, 0) is 38.0 Å². The van der Waals surface area contributed by atoms with Crippen LogP contribution in [0, 0.1) is 5.82 Å². The van der Waals surface area contributed by atoms with Gasteiger partial charge in [-0.1, -0.05) is 29.8 Å². The highest BCUT2D eigenvalue weighted by atomic mass is 35.5. The third kappa shape index (κ3) is 3.93. The first kappa shape index (κ1) is 18.5. The smallest absolute Gasteiger partial charge is 0.254 e. The summed E-state index contributed by atoms with van der Waals surface area (Å²) in [7, 11) is 1.50. The topological polar surface area (TPSA) is 38.8 Å². The normalized spacial score (nSPS) is 13.4. The van der Waals surface area contributed by atoms with Crippen molar-refractivity contribution < 1.29 is 18.7 Å². The van der Waals surface area contributed by atoms with Crippen molar-refractivity contribution in [3.8, 4) is 11.5 Å². The molecular formula is C20H21ClFNO3. The molecule has 26 heavy (non-hydrogen) atoms. The molecule has 4 nitrogen and oxygen atoms in total. The van der Waals surface area contributed by atoms with Gasteiger partial charge in [-0.15, -0.1) is 0 Å². The zero-order valence-corrected chi connectivity index (χ0v) is 15.6. The molecule has 0 heterocycles. The molecule has 0 unspecified atom stereocenters. The summed E-state index contributed by atoms with van der Waals surface area (Å²) < 4.78 is 24.8. The summed E-state index contributed by atoms with van der Waals surface area (Å²) in [5, 5.41) is 0.316. The number of carbonyl (C=O) groups excluding carboxylic acids is 1. The van der Waals surface area contributed by atoms with Crippen LogP contribution >= 0.6 is 11.6 Å². The van der Waals surface area contributed by atoms with E-state index in [2.05, 4.69) is 0 Å². The van der Waals surface area contributed by atoms with Crippen LogP contribution in [0.4, 0.5) is 4.39 Å². The number of nitrogens with zero attached hydrogens (tertiary/aromatic N) is 1. The van der Waals surface area contributed by atoms with E-state index in [-0.39, 0.29) is 24.3 Å². The molecule has 0 saturated heterocycles. The Morgan fingerprint density at radius 1 is 1.31 bits per heavy atom. The number of ether oxygens (including phenoxy) is 2. The van der Waals surface area contributed by atoms with E-state index in [9.17, 15) is 9.18 Å².